The molecule has 1 aliphatic heterocycles. The quantitative estimate of drug-likeness (QED) is 0.892. The van der Waals surface area contributed by atoms with E-state index >= 15 is 0 Å². The summed E-state index contributed by atoms with van der Waals surface area (Å²) in [5.74, 6) is 0.443. The van der Waals surface area contributed by atoms with Crippen LogP contribution in [0, 0.1) is 5.92 Å². The molecule has 0 aromatic heterocycles. The van der Waals surface area contributed by atoms with E-state index in [2.05, 4.69) is 35.4 Å². The number of nitrogens with zero attached hydrogens (tertiary/aromatic N) is 2. The first-order chi connectivity index (χ1) is 11.4. The lowest BCUT2D eigenvalue weighted by atomic mass is 9.76. The number of amides is 1. The Labute approximate surface area is 142 Å². The Hall–Kier alpha value is -2.40. The molecule has 0 saturated carbocycles. The van der Waals surface area contributed by atoms with Crippen molar-refractivity contribution < 1.29 is 4.79 Å². The molecule has 0 fully saturated rings. The maximum Gasteiger partial charge on any atom is 0.231 e. The summed E-state index contributed by atoms with van der Waals surface area (Å²) in [5.41, 5.74) is 14.6. The van der Waals surface area contributed by atoms with Gasteiger partial charge in [-0.1, -0.05) is 36.4 Å². The second-order valence-corrected chi connectivity index (χ2v) is 6.73. The Bertz CT molecular complexity index is 749. The zero-order chi connectivity index (χ0) is 17.3. The molecule has 1 amide bonds. The summed E-state index contributed by atoms with van der Waals surface area (Å²) in [4.78, 5) is 18.3. The standard InChI is InChI=1S/C19H24N4O/c1-19(11-17(24)23(2)18(21)22-19)16-8-4-7-15(10-16)14-6-3-5-13(9-14)12-20/h3-7,9-10,16H,8,11-12,20H2,1-2H3,(H2,21,22)/t16?,19-/m0/s1. The van der Waals surface area contributed by atoms with Crippen molar-refractivity contribution in [3.63, 3.8) is 0 Å². The van der Waals surface area contributed by atoms with Crippen LogP contribution < -0.4 is 11.5 Å². The second-order valence-electron chi connectivity index (χ2n) is 6.73. The number of allylic oxidation sites excluding steroid dienone is 3. The minimum atomic E-state index is -0.505. The summed E-state index contributed by atoms with van der Waals surface area (Å²) in [7, 11) is 1.67. The third-order valence-electron chi connectivity index (χ3n) is 4.96. The molecule has 1 aromatic rings. The zero-order valence-corrected chi connectivity index (χ0v) is 14.2. The maximum absolute atomic E-state index is 12.2. The van der Waals surface area contributed by atoms with Crippen molar-refractivity contribution >= 4 is 17.4 Å². The van der Waals surface area contributed by atoms with Crippen LogP contribution in [0.25, 0.3) is 5.57 Å². The summed E-state index contributed by atoms with van der Waals surface area (Å²) < 4.78 is 0. The van der Waals surface area contributed by atoms with Gasteiger partial charge >= 0.3 is 0 Å². The Morgan fingerprint density at radius 3 is 2.92 bits per heavy atom. The Balaban J connectivity index is 1.94. The summed E-state index contributed by atoms with van der Waals surface area (Å²) in [6, 6.07) is 8.23. The number of guanidine groups is 1. The minimum Gasteiger partial charge on any atom is -0.369 e. The highest BCUT2D eigenvalue weighted by atomic mass is 16.2. The maximum atomic E-state index is 12.2. The molecule has 2 atom stereocenters. The lowest BCUT2D eigenvalue weighted by molar-refractivity contribution is -0.128. The predicted molar refractivity (Wildman–Crippen MR) is 97.0 cm³/mol. The normalized spacial score (nSPS) is 27.0. The summed E-state index contributed by atoms with van der Waals surface area (Å²) >= 11 is 0. The van der Waals surface area contributed by atoms with Crippen LogP contribution in [0.4, 0.5) is 0 Å². The molecule has 1 heterocycles. The summed E-state index contributed by atoms with van der Waals surface area (Å²) in [6.45, 7) is 2.53. The number of hydrogen-bond donors (Lipinski definition) is 2. The fourth-order valence-corrected chi connectivity index (χ4v) is 3.33. The van der Waals surface area contributed by atoms with Crippen LogP contribution in [0.5, 0.6) is 0 Å². The van der Waals surface area contributed by atoms with Gasteiger partial charge in [0.05, 0.1) is 12.0 Å². The van der Waals surface area contributed by atoms with Crippen LogP contribution in [-0.2, 0) is 11.3 Å². The van der Waals surface area contributed by atoms with Crippen molar-refractivity contribution in [3.05, 3.63) is 53.6 Å². The van der Waals surface area contributed by atoms with Crippen molar-refractivity contribution in [2.24, 2.45) is 22.4 Å². The minimum absolute atomic E-state index is 0.0135. The van der Waals surface area contributed by atoms with E-state index in [9.17, 15) is 4.79 Å². The van der Waals surface area contributed by atoms with Gasteiger partial charge in [0.15, 0.2) is 5.96 Å². The van der Waals surface area contributed by atoms with E-state index < -0.39 is 5.54 Å². The third-order valence-corrected chi connectivity index (χ3v) is 4.96. The van der Waals surface area contributed by atoms with Gasteiger partial charge in [0.2, 0.25) is 5.91 Å². The van der Waals surface area contributed by atoms with E-state index in [1.165, 1.54) is 4.90 Å². The Kier molecular flexibility index (Phi) is 4.28. The molecule has 1 aliphatic carbocycles. The van der Waals surface area contributed by atoms with Crippen LogP contribution in [0.1, 0.15) is 30.9 Å². The van der Waals surface area contributed by atoms with E-state index in [1.807, 2.05) is 19.1 Å². The molecule has 3 rings (SSSR count). The lowest BCUT2D eigenvalue weighted by Gasteiger charge is -2.38. The molecular weight excluding hydrogens is 300 g/mol. The van der Waals surface area contributed by atoms with Gasteiger partial charge in [0.1, 0.15) is 0 Å². The lowest BCUT2D eigenvalue weighted by Crippen LogP contribution is -2.51. The van der Waals surface area contributed by atoms with E-state index in [-0.39, 0.29) is 11.8 Å². The van der Waals surface area contributed by atoms with Crippen LogP contribution in [0.3, 0.4) is 0 Å². The Morgan fingerprint density at radius 2 is 2.21 bits per heavy atom. The van der Waals surface area contributed by atoms with E-state index in [4.69, 9.17) is 11.5 Å². The topological polar surface area (TPSA) is 84.7 Å². The SMILES string of the molecule is CN1C(=O)C[C@@](C)(C2C=C(c3cccc(CN)c3)C=CC2)N=C1N. The van der Waals surface area contributed by atoms with Gasteiger partial charge < -0.3 is 11.5 Å². The molecule has 2 aliphatic rings. The molecule has 1 aromatic carbocycles. The Morgan fingerprint density at radius 1 is 1.42 bits per heavy atom. The zero-order valence-electron chi connectivity index (χ0n) is 14.2. The van der Waals surface area contributed by atoms with Crippen LogP contribution in [-0.4, -0.2) is 29.4 Å². The molecule has 5 heteroatoms. The molecule has 24 heavy (non-hydrogen) atoms. The van der Waals surface area contributed by atoms with Gasteiger partial charge in [-0.25, -0.2) is 4.99 Å². The van der Waals surface area contributed by atoms with Crippen LogP contribution in [0.2, 0.25) is 0 Å². The first kappa shape index (κ1) is 16.5. The second kappa shape index (κ2) is 6.24. The van der Waals surface area contributed by atoms with Crippen molar-refractivity contribution in [2.45, 2.75) is 31.8 Å². The van der Waals surface area contributed by atoms with Gasteiger partial charge in [0.25, 0.3) is 0 Å². The van der Waals surface area contributed by atoms with Gasteiger partial charge in [-0.3, -0.25) is 9.69 Å². The number of carbonyl (C=O) groups excluding carboxylic acids is 1. The smallest absolute Gasteiger partial charge is 0.231 e. The number of carbonyl (C=O) groups is 1. The molecule has 1 unspecified atom stereocenters. The molecule has 5 nitrogen and oxygen atoms in total. The van der Waals surface area contributed by atoms with Crippen molar-refractivity contribution in [1.82, 2.24) is 4.90 Å². The van der Waals surface area contributed by atoms with E-state index in [1.54, 1.807) is 7.05 Å². The van der Waals surface area contributed by atoms with Gasteiger partial charge in [0, 0.05) is 19.5 Å². The van der Waals surface area contributed by atoms with Gasteiger partial charge in [-0.15, -0.1) is 0 Å². The average Bonchev–Trinajstić information content (AvgIpc) is 2.60. The summed E-state index contributed by atoms with van der Waals surface area (Å²) in [6.07, 6.45) is 7.71. The highest BCUT2D eigenvalue weighted by Crippen LogP contribution is 2.37. The molecule has 126 valence electrons. The van der Waals surface area contributed by atoms with Crippen LogP contribution >= 0.6 is 0 Å². The molecule has 0 spiro atoms. The third kappa shape index (κ3) is 2.99. The predicted octanol–water partition coefficient (Wildman–Crippen LogP) is 2.04. The number of aliphatic imine (C=N–C) groups is 1. The molecule has 0 radical (unpaired) electrons. The highest BCUT2D eigenvalue weighted by Gasteiger charge is 2.40. The number of hydrogen-bond acceptors (Lipinski definition) is 4. The first-order valence-electron chi connectivity index (χ1n) is 8.22. The fraction of sp³-hybridized carbons (Fsp3) is 0.368. The number of nitrogens with two attached hydrogens (primary N) is 2. The van der Waals surface area contributed by atoms with E-state index in [0.717, 1.165) is 23.1 Å². The molecule has 4 N–H and O–H groups in total. The molecule has 0 saturated heterocycles. The average molecular weight is 324 g/mol. The van der Waals surface area contributed by atoms with Gasteiger partial charge in [-0.2, -0.15) is 0 Å². The first-order valence-corrected chi connectivity index (χ1v) is 8.22. The van der Waals surface area contributed by atoms with E-state index in [0.29, 0.717) is 18.9 Å². The van der Waals surface area contributed by atoms with Crippen molar-refractivity contribution in [2.75, 3.05) is 7.05 Å². The van der Waals surface area contributed by atoms with Crippen LogP contribution in [0.15, 0.2) is 47.5 Å². The molecule has 0 bridgehead atoms. The molecular formula is C19H24N4O. The monoisotopic (exact) mass is 324 g/mol. The summed E-state index contributed by atoms with van der Waals surface area (Å²) in [5, 5.41) is 0. The van der Waals surface area contributed by atoms with Crippen molar-refractivity contribution in [1.29, 1.82) is 0 Å². The largest absolute Gasteiger partial charge is 0.369 e. The highest BCUT2D eigenvalue weighted by molar-refractivity contribution is 5.98. The fourth-order valence-electron chi connectivity index (χ4n) is 3.33. The number of rotatable bonds is 3. The van der Waals surface area contributed by atoms with Crippen molar-refractivity contribution in [3.8, 4) is 0 Å². The number of benzene rings is 1. The van der Waals surface area contributed by atoms with Gasteiger partial charge in [-0.05, 0) is 36.1 Å².